The second-order valence-electron chi connectivity index (χ2n) is 11.2. The van der Waals surface area contributed by atoms with Gasteiger partial charge in [0.25, 0.3) is 17.6 Å². The molecule has 10 heteroatoms. The molecular weight excluding hydrogens is 508 g/mol. The van der Waals surface area contributed by atoms with Crippen molar-refractivity contribution in [2.75, 3.05) is 6.61 Å². The first kappa shape index (κ1) is 26.2. The van der Waals surface area contributed by atoms with Crippen LogP contribution in [0.15, 0.2) is 49.3 Å². The number of hydrogen-bond donors (Lipinski definition) is 2. The molecule has 2 N–H and O–H groups in total. The summed E-state index contributed by atoms with van der Waals surface area (Å²) in [7, 11) is 0. The van der Waals surface area contributed by atoms with Gasteiger partial charge in [-0.1, -0.05) is 43.8 Å². The van der Waals surface area contributed by atoms with E-state index in [-0.39, 0.29) is 71.4 Å². The molecule has 40 heavy (non-hydrogen) atoms. The first-order chi connectivity index (χ1) is 19.4. The van der Waals surface area contributed by atoms with Gasteiger partial charge in [-0.25, -0.2) is 4.98 Å². The van der Waals surface area contributed by atoms with Gasteiger partial charge in [-0.2, -0.15) is 14.6 Å². The van der Waals surface area contributed by atoms with E-state index in [2.05, 4.69) is 45.3 Å². The van der Waals surface area contributed by atoms with Crippen molar-refractivity contribution in [3.63, 3.8) is 0 Å². The number of nitrogens with zero attached hydrogens (tertiary/aromatic N) is 4. The number of hydrogen-bond acceptors (Lipinski definition) is 7. The smallest absolute Gasteiger partial charge is 0.309 e. The lowest BCUT2D eigenvalue weighted by Gasteiger charge is -2.38. The van der Waals surface area contributed by atoms with Crippen molar-refractivity contribution in [3.8, 4) is 0 Å². The van der Waals surface area contributed by atoms with Crippen molar-refractivity contribution in [2.45, 2.75) is 57.5 Å². The van der Waals surface area contributed by atoms with Gasteiger partial charge in [-0.15, -0.1) is 0 Å². The fourth-order valence-electron chi connectivity index (χ4n) is 7.13. The van der Waals surface area contributed by atoms with Gasteiger partial charge >= 0.3 is 5.97 Å². The Morgan fingerprint density at radius 3 is 2.75 bits per heavy atom. The molecule has 10 nitrogen and oxygen atoms in total. The largest absolute Gasteiger partial charge is 0.461 e. The highest BCUT2D eigenvalue weighted by Gasteiger charge is 2.47. The molecule has 3 aliphatic rings. The van der Waals surface area contributed by atoms with Gasteiger partial charge in [0.05, 0.1) is 12.0 Å². The van der Waals surface area contributed by atoms with Gasteiger partial charge in [0.15, 0.2) is 0 Å². The van der Waals surface area contributed by atoms with Crippen LogP contribution in [-0.2, 0) is 16.0 Å². The number of aryl methyl sites for hydroxylation is 1. The van der Waals surface area contributed by atoms with Crippen LogP contribution in [0, 0.1) is 23.7 Å². The molecule has 3 aromatic rings. The van der Waals surface area contributed by atoms with Crippen molar-refractivity contribution in [1.82, 2.24) is 30.2 Å². The second kappa shape index (κ2) is 10.8. The molecule has 2 saturated carbocycles. The Balaban J connectivity index is 1.17. The van der Waals surface area contributed by atoms with Gasteiger partial charge < -0.3 is 15.4 Å². The maximum absolute atomic E-state index is 13.6. The monoisotopic (exact) mass is 542 g/mol. The summed E-state index contributed by atoms with van der Waals surface area (Å²) in [4.78, 5) is 48.0. The minimum atomic E-state index is -0.349. The fraction of sp³-hybridized carbons (Fsp3) is 0.467. The Labute approximate surface area is 232 Å². The summed E-state index contributed by atoms with van der Waals surface area (Å²) in [5, 5.41) is 10.5. The van der Waals surface area contributed by atoms with Crippen molar-refractivity contribution in [2.24, 2.45) is 23.7 Å². The summed E-state index contributed by atoms with van der Waals surface area (Å²) < 4.78 is 6.71. The Hall–Kier alpha value is -4.08. The Morgan fingerprint density at radius 2 is 1.90 bits per heavy atom. The third-order valence-corrected chi connectivity index (χ3v) is 9.12. The van der Waals surface area contributed by atoms with Crippen molar-refractivity contribution < 1.29 is 19.1 Å². The van der Waals surface area contributed by atoms with Crippen LogP contribution in [0.25, 0.3) is 5.78 Å². The van der Waals surface area contributed by atoms with Crippen LogP contribution < -0.4 is 10.6 Å². The van der Waals surface area contributed by atoms with E-state index >= 15 is 0 Å². The maximum atomic E-state index is 13.6. The van der Waals surface area contributed by atoms with Crippen LogP contribution in [0.1, 0.15) is 77.2 Å². The highest BCUT2D eigenvalue weighted by atomic mass is 16.5. The van der Waals surface area contributed by atoms with E-state index in [0.717, 1.165) is 44.1 Å². The topological polar surface area (TPSA) is 128 Å². The van der Waals surface area contributed by atoms with Crippen LogP contribution in [0.3, 0.4) is 0 Å². The predicted molar refractivity (Wildman–Crippen MR) is 146 cm³/mol. The summed E-state index contributed by atoms with van der Waals surface area (Å²) >= 11 is 0. The molecule has 0 spiro atoms. The number of ether oxygens (including phenoxy) is 1. The van der Waals surface area contributed by atoms with Crippen molar-refractivity contribution >= 4 is 23.6 Å². The molecule has 0 aliphatic heterocycles. The number of esters is 1. The fourth-order valence-corrected chi connectivity index (χ4v) is 7.13. The predicted octanol–water partition coefficient (Wildman–Crippen LogP) is 3.44. The van der Waals surface area contributed by atoms with Crippen molar-refractivity contribution in [1.29, 1.82) is 0 Å². The number of fused-ring (bicyclic) bond motifs is 3. The molecule has 6 atom stereocenters. The average Bonchev–Trinajstić information content (AvgIpc) is 3.70. The molecule has 2 fully saturated rings. The number of aromatic nitrogens is 4. The number of carbonyl (C=O) groups excluding carboxylic acids is 3. The van der Waals surface area contributed by atoms with Crippen LogP contribution in [0.5, 0.6) is 0 Å². The molecule has 3 unspecified atom stereocenters. The second-order valence-corrected chi connectivity index (χ2v) is 11.2. The van der Waals surface area contributed by atoms with Crippen LogP contribution >= 0.6 is 0 Å². The molecule has 208 valence electrons. The van der Waals surface area contributed by atoms with E-state index in [1.54, 1.807) is 6.08 Å². The number of carbonyl (C=O) groups is 3. The van der Waals surface area contributed by atoms with Gasteiger partial charge in [0.2, 0.25) is 0 Å². The third-order valence-electron chi connectivity index (χ3n) is 9.12. The third kappa shape index (κ3) is 4.76. The molecule has 2 amide bonds. The van der Waals surface area contributed by atoms with Gasteiger partial charge in [-0.3, -0.25) is 14.4 Å². The standard InChI is InChI=1S/C30H34N6O4/c1-3-14-40-29(39)20-9-10-22-19(17(20)2)11-13-24(22)34-28(38)26-15-25(35-30-31-16-32-36(26)30)27(37)33-23-12-8-18-6-4-5-7-21(18)23/h3-7,15-17,19-20,22-24H,1,8-14H2,2H3,(H,33,37)(H,34,38)/t17?,19-,20?,22?,23+,24-/m0/s1. The minimum absolute atomic E-state index is 0.0240. The summed E-state index contributed by atoms with van der Waals surface area (Å²) in [6.45, 7) is 5.97. The normalized spacial score (nSPS) is 27.0. The zero-order chi connectivity index (χ0) is 27.8. The Morgan fingerprint density at radius 1 is 1.07 bits per heavy atom. The Kier molecular flexibility index (Phi) is 7.08. The summed E-state index contributed by atoms with van der Waals surface area (Å²) in [5.74, 6) is 0.0364. The van der Waals surface area contributed by atoms with Crippen molar-refractivity contribution in [3.05, 3.63) is 71.8 Å². The first-order valence-corrected chi connectivity index (χ1v) is 14.1. The highest BCUT2D eigenvalue weighted by molar-refractivity contribution is 5.98. The summed E-state index contributed by atoms with van der Waals surface area (Å²) in [6.07, 6.45) is 8.00. The number of amides is 2. The summed E-state index contributed by atoms with van der Waals surface area (Å²) in [5.41, 5.74) is 2.70. The lowest BCUT2D eigenvalue weighted by atomic mass is 9.68. The Bertz CT molecular complexity index is 1470. The molecule has 1 aromatic carbocycles. The van der Waals surface area contributed by atoms with Gasteiger partial charge in [-0.05, 0) is 67.4 Å². The molecule has 0 radical (unpaired) electrons. The molecule has 0 saturated heterocycles. The highest BCUT2D eigenvalue weighted by Crippen LogP contribution is 2.48. The van der Waals surface area contributed by atoms with E-state index in [4.69, 9.17) is 4.74 Å². The van der Waals surface area contributed by atoms with E-state index in [0.29, 0.717) is 5.92 Å². The molecule has 2 heterocycles. The van der Waals surface area contributed by atoms with Gasteiger partial charge in [0.1, 0.15) is 24.3 Å². The SMILES string of the molecule is C=CCOC(=O)C1CCC2[C@@H](CC[C@@H]2NC(=O)c2cc(C(=O)N[C@@H]3CCc4ccccc43)nc3ncnn23)C1C. The maximum Gasteiger partial charge on any atom is 0.309 e. The number of rotatable bonds is 7. The molecule has 6 rings (SSSR count). The molecule has 0 bridgehead atoms. The summed E-state index contributed by atoms with van der Waals surface area (Å²) in [6, 6.07) is 9.47. The minimum Gasteiger partial charge on any atom is -0.461 e. The average molecular weight is 543 g/mol. The van der Waals surface area contributed by atoms with E-state index in [1.807, 2.05) is 18.2 Å². The lowest BCUT2D eigenvalue weighted by molar-refractivity contribution is -0.152. The quantitative estimate of drug-likeness (QED) is 0.346. The van der Waals surface area contributed by atoms with Gasteiger partial charge in [0, 0.05) is 12.1 Å². The zero-order valence-electron chi connectivity index (χ0n) is 22.6. The molecular formula is C30H34N6O4. The van der Waals surface area contributed by atoms with Crippen LogP contribution in [-0.4, -0.2) is 50.0 Å². The lowest BCUT2D eigenvalue weighted by Crippen LogP contribution is -2.44. The molecule has 3 aliphatic carbocycles. The van der Waals surface area contributed by atoms with Crippen LogP contribution in [0.4, 0.5) is 0 Å². The molecule has 2 aromatic heterocycles. The number of nitrogens with one attached hydrogen (secondary N) is 2. The zero-order valence-corrected chi connectivity index (χ0v) is 22.6. The number of benzene rings is 1. The van der Waals surface area contributed by atoms with E-state index in [9.17, 15) is 14.4 Å². The van der Waals surface area contributed by atoms with E-state index < -0.39 is 0 Å². The van der Waals surface area contributed by atoms with E-state index in [1.165, 1.54) is 22.5 Å². The first-order valence-electron chi connectivity index (χ1n) is 14.1. The van der Waals surface area contributed by atoms with Crippen LogP contribution in [0.2, 0.25) is 0 Å².